The van der Waals surface area contributed by atoms with Crippen molar-refractivity contribution in [1.82, 2.24) is 30.6 Å². The number of benzene rings is 1. The van der Waals surface area contributed by atoms with Crippen LogP contribution in [-0.2, 0) is 6.54 Å². The summed E-state index contributed by atoms with van der Waals surface area (Å²) < 4.78 is 6.10. The monoisotopic (exact) mass is 453 g/mol. The number of hydrogen-bond acceptors (Lipinski definition) is 8. The normalized spacial score (nSPS) is 10.6. The van der Waals surface area contributed by atoms with Crippen LogP contribution in [0.15, 0.2) is 35.0 Å². The lowest BCUT2D eigenvalue weighted by atomic mass is 10.2. The minimum Gasteiger partial charge on any atom is -0.358 e. The lowest BCUT2D eigenvalue weighted by molar-refractivity contribution is -0.389. The maximum atomic E-state index is 12.0. The fourth-order valence-electron chi connectivity index (χ4n) is 2.26. The van der Waals surface area contributed by atoms with Crippen molar-refractivity contribution in [2.24, 2.45) is 0 Å². The molecule has 12 nitrogen and oxygen atoms in total. The molecule has 0 saturated carbocycles. The first kappa shape index (κ1) is 21.2. The van der Waals surface area contributed by atoms with Crippen LogP contribution in [0.5, 0.6) is 0 Å². The number of nitrogens with one attached hydrogen (secondary N) is 2. The van der Waals surface area contributed by atoms with Crippen LogP contribution in [0, 0.1) is 10.1 Å². The van der Waals surface area contributed by atoms with E-state index < -0.39 is 10.8 Å². The molecule has 30 heavy (non-hydrogen) atoms. The number of amides is 2. The first-order valence-electron chi connectivity index (χ1n) is 8.35. The highest BCUT2D eigenvalue weighted by Gasteiger charge is 2.17. The molecule has 156 valence electrons. The predicted octanol–water partition coefficient (Wildman–Crippen LogP) is 1.69. The summed E-state index contributed by atoms with van der Waals surface area (Å²) in [6.45, 7) is 0.238. The molecule has 0 radical (unpaired) electrons. The van der Waals surface area contributed by atoms with Gasteiger partial charge in [-0.25, -0.2) is 0 Å². The molecule has 0 bridgehead atoms. The summed E-state index contributed by atoms with van der Waals surface area (Å²) >= 11 is 11.7. The number of carbonyl (C=O) groups is 2. The van der Waals surface area contributed by atoms with Crippen molar-refractivity contribution in [2.45, 2.75) is 6.54 Å². The molecule has 0 fully saturated rings. The summed E-state index contributed by atoms with van der Waals surface area (Å²) in [5, 5.41) is 23.7. The molecule has 14 heteroatoms. The van der Waals surface area contributed by atoms with Crippen LogP contribution >= 0.6 is 23.2 Å². The quantitative estimate of drug-likeness (QED) is 0.296. The molecule has 1 aromatic carbocycles. The molecule has 0 aliphatic carbocycles. The zero-order chi connectivity index (χ0) is 21.7. The van der Waals surface area contributed by atoms with Crippen LogP contribution in [0.1, 0.15) is 26.9 Å². The summed E-state index contributed by atoms with van der Waals surface area (Å²) in [7, 11) is 0. The van der Waals surface area contributed by atoms with Gasteiger partial charge in [0.2, 0.25) is 0 Å². The highest BCUT2D eigenvalue weighted by atomic mass is 35.5. The number of carbonyl (C=O) groups excluding carboxylic acids is 2. The number of nitro groups is 1. The van der Waals surface area contributed by atoms with E-state index >= 15 is 0 Å². The smallest absolute Gasteiger partial charge is 0.358 e. The minimum atomic E-state index is -0.635. The summed E-state index contributed by atoms with van der Waals surface area (Å²) in [6, 6.07) is 5.69. The van der Waals surface area contributed by atoms with E-state index in [0.717, 1.165) is 0 Å². The second kappa shape index (κ2) is 9.33. The Morgan fingerprint density at radius 3 is 2.53 bits per heavy atom. The number of nitrogens with zero attached hydrogens (tertiary/aromatic N) is 5. The molecule has 0 saturated heterocycles. The number of rotatable bonds is 8. The molecule has 2 aromatic heterocycles. The van der Waals surface area contributed by atoms with Crippen molar-refractivity contribution in [3.63, 3.8) is 0 Å². The highest BCUT2D eigenvalue weighted by Crippen LogP contribution is 2.22. The Morgan fingerprint density at radius 2 is 1.87 bits per heavy atom. The third-order valence-electron chi connectivity index (χ3n) is 3.66. The largest absolute Gasteiger partial charge is 0.389 e. The Labute approximate surface area is 178 Å². The van der Waals surface area contributed by atoms with Crippen LogP contribution in [0.25, 0.3) is 0 Å². The topological polar surface area (TPSA) is 158 Å². The predicted molar refractivity (Wildman–Crippen MR) is 103 cm³/mol. The molecule has 0 aliphatic rings. The van der Waals surface area contributed by atoms with E-state index in [1.807, 2.05) is 0 Å². The van der Waals surface area contributed by atoms with E-state index in [0.29, 0.717) is 10.6 Å². The van der Waals surface area contributed by atoms with Gasteiger partial charge < -0.3 is 25.3 Å². The lowest BCUT2D eigenvalue weighted by Crippen LogP contribution is -2.34. The van der Waals surface area contributed by atoms with Gasteiger partial charge in [-0.15, -0.1) is 0 Å². The van der Waals surface area contributed by atoms with E-state index in [4.69, 9.17) is 27.7 Å². The van der Waals surface area contributed by atoms with E-state index in [-0.39, 0.29) is 48.1 Å². The Kier molecular flexibility index (Phi) is 6.59. The Hall–Kier alpha value is -3.51. The van der Waals surface area contributed by atoms with Crippen LogP contribution in [0.3, 0.4) is 0 Å². The molecule has 3 aromatic rings. The standard InChI is InChI=1S/C16H13Cl2N7O5/c17-10-2-1-9(7-11(10)18)14(26)19-4-5-20-15(27)16-21-12(23-30-16)8-24-6-3-13(22-24)25(28)29/h1-3,6-7H,4-5,8H2,(H,19,26)(H,20,27). The summed E-state index contributed by atoms with van der Waals surface area (Å²) in [6.07, 6.45) is 1.38. The number of hydrogen-bond donors (Lipinski definition) is 2. The second-order valence-corrected chi connectivity index (χ2v) is 6.60. The summed E-state index contributed by atoms with van der Waals surface area (Å²) in [5.74, 6) is -1.51. The van der Waals surface area contributed by atoms with Gasteiger partial charge in [0.1, 0.15) is 6.54 Å². The number of aromatic nitrogens is 4. The van der Waals surface area contributed by atoms with Crippen LogP contribution < -0.4 is 10.6 Å². The van der Waals surface area contributed by atoms with Crippen molar-refractivity contribution in [3.8, 4) is 0 Å². The van der Waals surface area contributed by atoms with E-state index in [2.05, 4.69) is 25.9 Å². The lowest BCUT2D eigenvalue weighted by Gasteiger charge is -2.06. The Balaban J connectivity index is 1.45. The van der Waals surface area contributed by atoms with E-state index in [9.17, 15) is 19.7 Å². The summed E-state index contributed by atoms with van der Waals surface area (Å²) in [4.78, 5) is 38.0. The molecule has 2 N–H and O–H groups in total. The van der Waals surface area contributed by atoms with Crippen LogP contribution in [0.4, 0.5) is 5.82 Å². The molecular weight excluding hydrogens is 441 g/mol. The molecule has 0 spiro atoms. The first-order valence-corrected chi connectivity index (χ1v) is 9.11. The van der Waals surface area contributed by atoms with E-state index in [1.54, 1.807) is 0 Å². The maximum Gasteiger partial charge on any atom is 0.389 e. The molecule has 0 atom stereocenters. The maximum absolute atomic E-state index is 12.0. The van der Waals surface area contributed by atoms with Crippen LogP contribution in [0.2, 0.25) is 10.0 Å². The zero-order valence-electron chi connectivity index (χ0n) is 15.0. The Bertz CT molecular complexity index is 1100. The van der Waals surface area contributed by atoms with Crippen molar-refractivity contribution < 1.29 is 19.0 Å². The van der Waals surface area contributed by atoms with Gasteiger partial charge in [0.15, 0.2) is 5.82 Å². The van der Waals surface area contributed by atoms with Crippen molar-refractivity contribution in [2.75, 3.05) is 13.1 Å². The summed E-state index contributed by atoms with van der Waals surface area (Å²) in [5.41, 5.74) is 0.330. The first-order chi connectivity index (χ1) is 14.3. The fourth-order valence-corrected chi connectivity index (χ4v) is 2.56. The third kappa shape index (κ3) is 5.30. The molecule has 2 amide bonds. The number of halogens is 2. The van der Waals surface area contributed by atoms with Gasteiger partial charge in [-0.05, 0) is 23.1 Å². The van der Waals surface area contributed by atoms with Gasteiger partial charge in [0.05, 0.1) is 27.4 Å². The van der Waals surface area contributed by atoms with Gasteiger partial charge in [0, 0.05) is 18.7 Å². The molecule has 0 aliphatic heterocycles. The average Bonchev–Trinajstić information content (AvgIpc) is 3.37. The minimum absolute atomic E-state index is 0.00959. The van der Waals surface area contributed by atoms with Gasteiger partial charge in [-0.3, -0.25) is 9.59 Å². The van der Waals surface area contributed by atoms with E-state index in [1.165, 1.54) is 35.1 Å². The van der Waals surface area contributed by atoms with Crippen molar-refractivity contribution in [3.05, 3.63) is 67.9 Å². The van der Waals surface area contributed by atoms with Crippen molar-refractivity contribution in [1.29, 1.82) is 0 Å². The van der Waals surface area contributed by atoms with Gasteiger partial charge in [-0.1, -0.05) is 28.4 Å². The average molecular weight is 454 g/mol. The van der Waals surface area contributed by atoms with Crippen LogP contribution in [-0.4, -0.2) is 49.7 Å². The molecule has 0 unspecified atom stereocenters. The Morgan fingerprint density at radius 1 is 1.13 bits per heavy atom. The van der Waals surface area contributed by atoms with Gasteiger partial charge in [0.25, 0.3) is 5.91 Å². The highest BCUT2D eigenvalue weighted by molar-refractivity contribution is 6.42. The fraction of sp³-hybridized carbons (Fsp3) is 0.188. The molecular formula is C16H13Cl2N7O5. The molecule has 2 heterocycles. The van der Waals surface area contributed by atoms with Crippen molar-refractivity contribution >= 4 is 40.8 Å². The van der Waals surface area contributed by atoms with Gasteiger partial charge in [-0.2, -0.15) is 9.67 Å². The second-order valence-electron chi connectivity index (χ2n) is 5.79. The SMILES string of the molecule is O=C(NCCNC(=O)c1nc(Cn2ccc([N+](=O)[O-])n2)no1)c1ccc(Cl)c(Cl)c1. The third-order valence-corrected chi connectivity index (χ3v) is 4.40. The molecule has 3 rings (SSSR count). The van der Waals surface area contributed by atoms with Gasteiger partial charge >= 0.3 is 17.6 Å². The zero-order valence-corrected chi connectivity index (χ0v) is 16.6.